The summed E-state index contributed by atoms with van der Waals surface area (Å²) in [5, 5.41) is 3.17. The highest BCUT2D eigenvalue weighted by Crippen LogP contribution is 2.29. The van der Waals surface area contributed by atoms with Crippen LogP contribution in [0.1, 0.15) is 17.5 Å². The third-order valence-electron chi connectivity index (χ3n) is 3.86. The van der Waals surface area contributed by atoms with Crippen molar-refractivity contribution >= 4 is 5.96 Å². The van der Waals surface area contributed by atoms with Crippen molar-refractivity contribution < 1.29 is 17.9 Å². The SMILES string of the molecule is CN=C(NCc1ccc(C(F)(F)F)cc1)N(C)CC1CCOC1. The van der Waals surface area contributed by atoms with E-state index in [1.807, 2.05) is 11.9 Å². The van der Waals surface area contributed by atoms with Gasteiger partial charge in [-0.1, -0.05) is 12.1 Å². The van der Waals surface area contributed by atoms with Gasteiger partial charge in [-0.05, 0) is 24.1 Å². The first kappa shape index (κ1) is 17.6. The molecule has 0 saturated carbocycles. The number of aliphatic imine (C=N–C) groups is 1. The topological polar surface area (TPSA) is 36.9 Å². The molecule has 0 amide bonds. The molecule has 1 fully saturated rings. The number of benzene rings is 1. The Bertz CT molecular complexity index is 522. The van der Waals surface area contributed by atoms with Crippen LogP contribution in [0.3, 0.4) is 0 Å². The molecular formula is C16H22F3N3O. The molecule has 0 spiro atoms. The van der Waals surface area contributed by atoms with Gasteiger partial charge >= 0.3 is 6.18 Å². The predicted octanol–water partition coefficient (Wildman–Crippen LogP) is 2.75. The van der Waals surface area contributed by atoms with E-state index in [1.54, 1.807) is 7.05 Å². The lowest BCUT2D eigenvalue weighted by molar-refractivity contribution is -0.137. The van der Waals surface area contributed by atoms with Crippen molar-refractivity contribution in [3.63, 3.8) is 0 Å². The largest absolute Gasteiger partial charge is 0.416 e. The maximum Gasteiger partial charge on any atom is 0.416 e. The van der Waals surface area contributed by atoms with Crippen LogP contribution in [0.4, 0.5) is 13.2 Å². The highest BCUT2D eigenvalue weighted by Gasteiger charge is 2.29. The van der Waals surface area contributed by atoms with Crippen LogP contribution in [0.25, 0.3) is 0 Å². The molecule has 4 nitrogen and oxygen atoms in total. The summed E-state index contributed by atoms with van der Waals surface area (Å²) in [7, 11) is 3.64. The highest BCUT2D eigenvalue weighted by atomic mass is 19.4. The van der Waals surface area contributed by atoms with Gasteiger partial charge in [0.05, 0.1) is 12.2 Å². The molecule has 0 aromatic heterocycles. The lowest BCUT2D eigenvalue weighted by Crippen LogP contribution is -2.41. The molecule has 23 heavy (non-hydrogen) atoms. The summed E-state index contributed by atoms with van der Waals surface area (Å²) in [6.45, 7) is 2.83. The number of rotatable bonds is 4. The average molecular weight is 329 g/mol. The standard InChI is InChI=1S/C16H22F3N3O/c1-20-15(22(2)10-13-7-8-23-11-13)21-9-12-3-5-14(6-4-12)16(17,18)19/h3-6,13H,7-11H2,1-2H3,(H,20,21). The Morgan fingerprint density at radius 1 is 1.35 bits per heavy atom. The average Bonchev–Trinajstić information content (AvgIpc) is 3.00. The van der Waals surface area contributed by atoms with Gasteiger partial charge in [0.25, 0.3) is 0 Å². The Hall–Kier alpha value is -1.76. The van der Waals surface area contributed by atoms with Gasteiger partial charge in [-0.15, -0.1) is 0 Å². The molecule has 1 heterocycles. The van der Waals surface area contributed by atoms with Gasteiger partial charge in [0.2, 0.25) is 0 Å². The van der Waals surface area contributed by atoms with Crippen LogP contribution in [0.15, 0.2) is 29.3 Å². The summed E-state index contributed by atoms with van der Waals surface area (Å²) in [6, 6.07) is 5.15. The van der Waals surface area contributed by atoms with Gasteiger partial charge in [0.1, 0.15) is 0 Å². The van der Waals surface area contributed by atoms with E-state index >= 15 is 0 Å². The maximum absolute atomic E-state index is 12.5. The zero-order valence-corrected chi connectivity index (χ0v) is 13.4. The minimum absolute atomic E-state index is 0.427. The Kier molecular flexibility index (Phi) is 5.87. The Labute approximate surface area is 134 Å². The zero-order valence-electron chi connectivity index (χ0n) is 13.4. The fourth-order valence-corrected chi connectivity index (χ4v) is 2.58. The molecule has 1 saturated heterocycles. The van der Waals surface area contributed by atoms with Crippen molar-refractivity contribution in [3.8, 4) is 0 Å². The summed E-state index contributed by atoms with van der Waals surface area (Å²) in [6.07, 6.45) is -3.26. The van der Waals surface area contributed by atoms with Crippen LogP contribution in [-0.2, 0) is 17.5 Å². The number of nitrogens with zero attached hydrogens (tertiary/aromatic N) is 2. The zero-order chi connectivity index (χ0) is 16.9. The molecule has 1 atom stereocenters. The predicted molar refractivity (Wildman–Crippen MR) is 83.2 cm³/mol. The molecule has 1 aromatic rings. The fraction of sp³-hybridized carbons (Fsp3) is 0.562. The Balaban J connectivity index is 1.87. The second kappa shape index (κ2) is 7.68. The summed E-state index contributed by atoms with van der Waals surface area (Å²) < 4.78 is 43.0. The van der Waals surface area contributed by atoms with E-state index in [9.17, 15) is 13.2 Å². The van der Waals surface area contributed by atoms with E-state index in [-0.39, 0.29) is 0 Å². The molecule has 1 aromatic carbocycles. The van der Waals surface area contributed by atoms with Gasteiger partial charge in [0, 0.05) is 39.7 Å². The monoisotopic (exact) mass is 329 g/mol. The van der Waals surface area contributed by atoms with Crippen LogP contribution >= 0.6 is 0 Å². The Morgan fingerprint density at radius 3 is 2.57 bits per heavy atom. The number of nitrogens with one attached hydrogen (secondary N) is 1. The van der Waals surface area contributed by atoms with Crippen molar-refractivity contribution in [1.82, 2.24) is 10.2 Å². The molecule has 2 rings (SSSR count). The third kappa shape index (κ3) is 5.13. The minimum Gasteiger partial charge on any atom is -0.381 e. The van der Waals surface area contributed by atoms with Crippen molar-refractivity contribution in [2.24, 2.45) is 10.9 Å². The summed E-state index contributed by atoms with van der Waals surface area (Å²) in [5.41, 5.74) is 0.140. The molecule has 1 aliphatic rings. The summed E-state index contributed by atoms with van der Waals surface area (Å²) in [4.78, 5) is 6.23. The van der Waals surface area contributed by atoms with Gasteiger partial charge in [-0.25, -0.2) is 0 Å². The highest BCUT2D eigenvalue weighted by molar-refractivity contribution is 5.79. The van der Waals surface area contributed by atoms with Crippen molar-refractivity contribution in [3.05, 3.63) is 35.4 Å². The molecule has 0 aliphatic carbocycles. The lowest BCUT2D eigenvalue weighted by Gasteiger charge is -2.24. The van der Waals surface area contributed by atoms with Crippen molar-refractivity contribution in [2.45, 2.75) is 19.1 Å². The van der Waals surface area contributed by atoms with E-state index in [2.05, 4.69) is 10.3 Å². The molecule has 0 bridgehead atoms. The van der Waals surface area contributed by atoms with Crippen molar-refractivity contribution in [1.29, 1.82) is 0 Å². The summed E-state index contributed by atoms with van der Waals surface area (Å²) >= 11 is 0. The smallest absolute Gasteiger partial charge is 0.381 e. The first-order valence-corrected chi connectivity index (χ1v) is 7.56. The lowest BCUT2D eigenvalue weighted by atomic mass is 10.1. The molecular weight excluding hydrogens is 307 g/mol. The van der Waals surface area contributed by atoms with Gasteiger partial charge in [0.15, 0.2) is 5.96 Å². The third-order valence-corrected chi connectivity index (χ3v) is 3.86. The van der Waals surface area contributed by atoms with E-state index in [4.69, 9.17) is 4.74 Å². The van der Waals surface area contributed by atoms with E-state index < -0.39 is 11.7 Å². The first-order valence-electron chi connectivity index (χ1n) is 7.56. The quantitative estimate of drug-likeness (QED) is 0.682. The molecule has 1 aliphatic heterocycles. The van der Waals surface area contributed by atoms with E-state index in [0.717, 1.165) is 49.8 Å². The van der Waals surface area contributed by atoms with Crippen LogP contribution in [0, 0.1) is 5.92 Å². The number of hydrogen-bond donors (Lipinski definition) is 1. The number of guanidine groups is 1. The number of ether oxygens (including phenoxy) is 1. The number of halogens is 3. The first-order chi connectivity index (χ1) is 10.9. The van der Waals surface area contributed by atoms with Crippen LogP contribution < -0.4 is 5.32 Å². The molecule has 7 heteroatoms. The number of hydrogen-bond acceptors (Lipinski definition) is 2. The Morgan fingerprint density at radius 2 is 2.04 bits per heavy atom. The van der Waals surface area contributed by atoms with Crippen LogP contribution in [-0.4, -0.2) is 44.7 Å². The maximum atomic E-state index is 12.5. The van der Waals surface area contributed by atoms with Crippen molar-refractivity contribution in [2.75, 3.05) is 33.9 Å². The number of alkyl halides is 3. The second-order valence-corrected chi connectivity index (χ2v) is 5.71. The van der Waals surface area contributed by atoms with E-state index in [0.29, 0.717) is 12.5 Å². The molecule has 0 radical (unpaired) electrons. The van der Waals surface area contributed by atoms with Crippen LogP contribution in [0.2, 0.25) is 0 Å². The molecule has 128 valence electrons. The summed E-state index contributed by atoms with van der Waals surface area (Å²) in [5.74, 6) is 1.21. The van der Waals surface area contributed by atoms with Crippen LogP contribution in [0.5, 0.6) is 0 Å². The fourth-order valence-electron chi connectivity index (χ4n) is 2.58. The second-order valence-electron chi connectivity index (χ2n) is 5.71. The van der Waals surface area contributed by atoms with Gasteiger partial charge in [-0.3, -0.25) is 4.99 Å². The molecule has 1 N–H and O–H groups in total. The molecule has 1 unspecified atom stereocenters. The van der Waals surface area contributed by atoms with E-state index in [1.165, 1.54) is 12.1 Å². The minimum atomic E-state index is -4.30. The normalized spacial score (nSPS) is 19.0. The van der Waals surface area contributed by atoms with Gasteiger partial charge < -0.3 is 15.0 Å². The van der Waals surface area contributed by atoms with Gasteiger partial charge in [-0.2, -0.15) is 13.2 Å².